The lowest BCUT2D eigenvalue weighted by molar-refractivity contribution is 0.378. The van der Waals surface area contributed by atoms with Crippen LogP contribution in [0.25, 0.3) is 0 Å². The minimum Gasteiger partial charge on any atom is -0.497 e. The summed E-state index contributed by atoms with van der Waals surface area (Å²) < 4.78 is 38.4. The van der Waals surface area contributed by atoms with Gasteiger partial charge < -0.3 is 9.47 Å². The van der Waals surface area contributed by atoms with Crippen LogP contribution in [0.5, 0.6) is 11.5 Å². The summed E-state index contributed by atoms with van der Waals surface area (Å²) in [6.07, 6.45) is 2.11. The van der Waals surface area contributed by atoms with Gasteiger partial charge >= 0.3 is 0 Å². The lowest BCUT2D eigenvalue weighted by Crippen LogP contribution is -2.32. The van der Waals surface area contributed by atoms with Crippen LogP contribution in [0.4, 0.5) is 0 Å². The van der Waals surface area contributed by atoms with Gasteiger partial charge in [0.1, 0.15) is 21.5 Å². The SMILES string of the molecule is C=C(CC)CN(Cc1ccc(OC)cc1OC)S(=O)(=O)c1cccnc1Cl. The van der Waals surface area contributed by atoms with Gasteiger partial charge in [-0.25, -0.2) is 13.4 Å². The molecule has 8 heteroatoms. The first kappa shape index (κ1) is 21.2. The van der Waals surface area contributed by atoms with Gasteiger partial charge in [0.05, 0.1) is 14.2 Å². The number of methoxy groups -OCH3 is 2. The molecule has 27 heavy (non-hydrogen) atoms. The van der Waals surface area contributed by atoms with Gasteiger partial charge in [0, 0.05) is 30.9 Å². The molecule has 1 aromatic heterocycles. The summed E-state index contributed by atoms with van der Waals surface area (Å²) in [5, 5.41) is -0.0636. The molecule has 1 aromatic carbocycles. The lowest BCUT2D eigenvalue weighted by Gasteiger charge is -2.24. The number of hydrogen-bond donors (Lipinski definition) is 0. The predicted molar refractivity (Wildman–Crippen MR) is 106 cm³/mol. The molecule has 0 saturated heterocycles. The van der Waals surface area contributed by atoms with Crippen molar-refractivity contribution in [2.45, 2.75) is 24.8 Å². The quantitative estimate of drug-likeness (QED) is 0.463. The molecule has 146 valence electrons. The van der Waals surface area contributed by atoms with Crippen LogP contribution in [0.15, 0.2) is 53.6 Å². The summed E-state index contributed by atoms with van der Waals surface area (Å²) >= 11 is 6.04. The van der Waals surface area contributed by atoms with Gasteiger partial charge in [-0.05, 0) is 24.6 Å². The molecular weight excluding hydrogens is 388 g/mol. The maximum atomic E-state index is 13.2. The predicted octanol–water partition coefficient (Wildman–Crippen LogP) is 3.91. The van der Waals surface area contributed by atoms with Crippen molar-refractivity contribution in [2.24, 2.45) is 0 Å². The van der Waals surface area contributed by atoms with Gasteiger partial charge in [0.25, 0.3) is 0 Å². The van der Waals surface area contributed by atoms with Crippen LogP contribution in [-0.4, -0.2) is 38.5 Å². The molecule has 0 N–H and O–H groups in total. The Morgan fingerprint density at radius 3 is 2.59 bits per heavy atom. The van der Waals surface area contributed by atoms with E-state index in [0.29, 0.717) is 23.5 Å². The molecule has 0 aliphatic heterocycles. The Morgan fingerprint density at radius 1 is 1.26 bits per heavy atom. The molecule has 0 aliphatic rings. The van der Waals surface area contributed by atoms with Gasteiger partial charge in [-0.15, -0.1) is 0 Å². The van der Waals surface area contributed by atoms with Crippen molar-refractivity contribution in [2.75, 3.05) is 20.8 Å². The minimum absolute atomic E-state index is 0.0388. The maximum absolute atomic E-state index is 13.2. The summed E-state index contributed by atoms with van der Waals surface area (Å²) in [6.45, 7) is 6.14. The van der Waals surface area contributed by atoms with Crippen LogP contribution in [0.2, 0.25) is 5.15 Å². The summed E-state index contributed by atoms with van der Waals surface area (Å²) in [6, 6.07) is 8.23. The highest BCUT2D eigenvalue weighted by Gasteiger charge is 2.28. The molecule has 0 amide bonds. The summed E-state index contributed by atoms with van der Waals surface area (Å²) in [5.74, 6) is 1.16. The number of benzene rings is 1. The zero-order valence-corrected chi connectivity index (χ0v) is 17.2. The molecule has 0 bridgehead atoms. The van der Waals surface area contributed by atoms with Crippen LogP contribution >= 0.6 is 11.6 Å². The van der Waals surface area contributed by atoms with Gasteiger partial charge in [-0.1, -0.05) is 36.7 Å². The molecule has 6 nitrogen and oxygen atoms in total. The van der Waals surface area contributed by atoms with Crippen molar-refractivity contribution >= 4 is 21.6 Å². The summed E-state index contributed by atoms with van der Waals surface area (Å²) in [4.78, 5) is 3.85. The van der Waals surface area contributed by atoms with E-state index in [1.165, 1.54) is 23.7 Å². The number of halogens is 1. The van der Waals surface area contributed by atoms with Crippen molar-refractivity contribution in [3.8, 4) is 11.5 Å². The second kappa shape index (κ2) is 9.21. The molecule has 0 fully saturated rings. The molecular formula is C19H23ClN2O4S. The second-order valence-electron chi connectivity index (χ2n) is 5.85. The Balaban J connectivity index is 2.47. The van der Waals surface area contributed by atoms with E-state index < -0.39 is 10.0 Å². The molecule has 0 radical (unpaired) electrons. The third-order valence-electron chi connectivity index (χ3n) is 4.08. The Morgan fingerprint density at radius 2 is 2.00 bits per heavy atom. The summed E-state index contributed by atoms with van der Waals surface area (Å²) in [7, 11) is -0.800. The maximum Gasteiger partial charge on any atom is 0.246 e. The van der Waals surface area contributed by atoms with Crippen LogP contribution in [0.1, 0.15) is 18.9 Å². The number of pyridine rings is 1. The highest BCUT2D eigenvalue weighted by atomic mass is 35.5. The van der Waals surface area contributed by atoms with Crippen molar-refractivity contribution in [3.63, 3.8) is 0 Å². The molecule has 0 spiro atoms. The van der Waals surface area contributed by atoms with E-state index in [1.54, 1.807) is 31.4 Å². The topological polar surface area (TPSA) is 68.7 Å². The third-order valence-corrected chi connectivity index (χ3v) is 6.32. The normalized spacial score (nSPS) is 11.4. The van der Waals surface area contributed by atoms with Crippen LogP contribution in [-0.2, 0) is 16.6 Å². The number of ether oxygens (including phenoxy) is 2. The second-order valence-corrected chi connectivity index (χ2v) is 8.11. The van der Waals surface area contributed by atoms with Crippen LogP contribution in [0.3, 0.4) is 0 Å². The van der Waals surface area contributed by atoms with E-state index >= 15 is 0 Å². The van der Waals surface area contributed by atoms with Gasteiger partial charge in [-0.3, -0.25) is 0 Å². The fourth-order valence-electron chi connectivity index (χ4n) is 2.46. The Bertz CT molecular complexity index is 916. The van der Waals surface area contributed by atoms with Gasteiger partial charge in [-0.2, -0.15) is 4.31 Å². The van der Waals surface area contributed by atoms with E-state index in [0.717, 1.165) is 5.57 Å². The van der Waals surface area contributed by atoms with E-state index in [-0.39, 0.29) is 23.1 Å². The monoisotopic (exact) mass is 410 g/mol. The molecule has 2 aromatic rings. The van der Waals surface area contributed by atoms with Crippen molar-refractivity contribution in [1.82, 2.24) is 9.29 Å². The first-order chi connectivity index (χ1) is 12.8. The molecule has 1 heterocycles. The molecule has 0 atom stereocenters. The van der Waals surface area contributed by atoms with Gasteiger partial charge in [0.15, 0.2) is 0 Å². The fraction of sp³-hybridized carbons (Fsp3) is 0.316. The Labute approximate surface area is 165 Å². The van der Waals surface area contributed by atoms with E-state index in [1.807, 2.05) is 6.92 Å². The third kappa shape index (κ3) is 5.00. The highest BCUT2D eigenvalue weighted by molar-refractivity contribution is 7.89. The summed E-state index contributed by atoms with van der Waals surface area (Å²) in [5.41, 5.74) is 1.48. The van der Waals surface area contributed by atoms with E-state index in [9.17, 15) is 8.42 Å². The average Bonchev–Trinajstić information content (AvgIpc) is 2.67. The van der Waals surface area contributed by atoms with E-state index in [4.69, 9.17) is 21.1 Å². The minimum atomic E-state index is -3.88. The van der Waals surface area contributed by atoms with Crippen molar-refractivity contribution in [1.29, 1.82) is 0 Å². The largest absolute Gasteiger partial charge is 0.497 e. The first-order valence-electron chi connectivity index (χ1n) is 8.31. The molecule has 0 unspecified atom stereocenters. The zero-order valence-electron chi connectivity index (χ0n) is 15.6. The number of rotatable bonds is 9. The number of nitrogens with zero attached hydrogens (tertiary/aromatic N) is 2. The first-order valence-corrected chi connectivity index (χ1v) is 10.1. The molecule has 0 aliphatic carbocycles. The van der Waals surface area contributed by atoms with Crippen LogP contribution in [0, 0.1) is 0 Å². The smallest absolute Gasteiger partial charge is 0.246 e. The molecule has 2 rings (SSSR count). The number of sulfonamides is 1. The number of hydrogen-bond acceptors (Lipinski definition) is 5. The Kier molecular flexibility index (Phi) is 7.24. The average molecular weight is 411 g/mol. The van der Waals surface area contributed by atoms with Crippen LogP contribution < -0.4 is 9.47 Å². The molecule has 0 saturated carbocycles. The standard InChI is InChI=1S/C19H23ClN2O4S/c1-5-14(2)12-22(27(23,24)18-7-6-10-21-19(18)20)13-15-8-9-16(25-3)11-17(15)26-4/h6-11H,2,5,12-13H2,1,3-4H3. The fourth-order valence-corrected chi connectivity index (χ4v) is 4.33. The lowest BCUT2D eigenvalue weighted by atomic mass is 10.1. The van der Waals surface area contributed by atoms with Crippen molar-refractivity contribution < 1.29 is 17.9 Å². The highest BCUT2D eigenvalue weighted by Crippen LogP contribution is 2.29. The van der Waals surface area contributed by atoms with Crippen molar-refractivity contribution in [3.05, 3.63) is 59.4 Å². The Hall–Kier alpha value is -2.09. The van der Waals surface area contributed by atoms with E-state index in [2.05, 4.69) is 11.6 Å². The van der Waals surface area contributed by atoms with Gasteiger partial charge in [0.2, 0.25) is 10.0 Å². The zero-order chi connectivity index (χ0) is 20.0. The number of aromatic nitrogens is 1.